The lowest BCUT2D eigenvalue weighted by atomic mass is 10.1. The molecule has 0 amide bonds. The molecule has 1 aromatic rings. The summed E-state index contributed by atoms with van der Waals surface area (Å²) in [5.74, 6) is -0.784. The van der Waals surface area contributed by atoms with Crippen molar-refractivity contribution in [1.82, 2.24) is 4.90 Å². The zero-order chi connectivity index (χ0) is 13.1. The fraction of sp³-hybridized carbons (Fsp3) is 0.500. The summed E-state index contributed by atoms with van der Waals surface area (Å²) in [7, 11) is 1.94. The molecule has 1 aliphatic rings. The Morgan fingerprint density at radius 2 is 2.39 bits per heavy atom. The van der Waals surface area contributed by atoms with Crippen LogP contribution in [0.3, 0.4) is 0 Å². The monoisotopic (exact) mass is 254 g/mol. The van der Waals surface area contributed by atoms with Crippen molar-refractivity contribution in [3.63, 3.8) is 0 Å². The minimum atomic E-state index is -0.784. The number of nitrogens with zero attached hydrogens (tertiary/aromatic N) is 2. The van der Waals surface area contributed by atoms with Crippen LogP contribution < -0.4 is 0 Å². The average molecular weight is 254 g/mol. The van der Waals surface area contributed by atoms with E-state index in [1.807, 2.05) is 7.05 Å². The third-order valence-electron chi connectivity index (χ3n) is 3.17. The normalized spacial score (nSPS) is 19.4. The predicted molar refractivity (Wildman–Crippen MR) is 63.7 cm³/mol. The van der Waals surface area contributed by atoms with Gasteiger partial charge >= 0.3 is 5.69 Å². The zero-order valence-corrected chi connectivity index (χ0v) is 10.1. The molecule has 2 rings (SSSR count). The van der Waals surface area contributed by atoms with Crippen LogP contribution in [0.25, 0.3) is 0 Å². The Labute approximate surface area is 104 Å². The van der Waals surface area contributed by atoms with Gasteiger partial charge in [-0.05, 0) is 25.1 Å². The van der Waals surface area contributed by atoms with Gasteiger partial charge in [-0.15, -0.1) is 0 Å². The minimum Gasteiger partial charge on any atom is -0.380 e. The van der Waals surface area contributed by atoms with E-state index in [0.29, 0.717) is 19.2 Å². The summed E-state index contributed by atoms with van der Waals surface area (Å²) in [6, 6.07) is 4.37. The van der Waals surface area contributed by atoms with Gasteiger partial charge in [0.05, 0.1) is 11.5 Å². The van der Waals surface area contributed by atoms with E-state index < -0.39 is 16.4 Å². The van der Waals surface area contributed by atoms with Gasteiger partial charge in [0.25, 0.3) is 0 Å². The van der Waals surface area contributed by atoms with E-state index in [0.717, 1.165) is 18.6 Å². The first-order valence-corrected chi connectivity index (χ1v) is 5.78. The average Bonchev–Trinajstić information content (AvgIpc) is 2.81. The van der Waals surface area contributed by atoms with Crippen molar-refractivity contribution in [3.8, 4) is 0 Å². The largest absolute Gasteiger partial charge is 0.380 e. The van der Waals surface area contributed by atoms with Crippen molar-refractivity contribution in [3.05, 3.63) is 39.7 Å². The summed E-state index contributed by atoms with van der Waals surface area (Å²) in [6.07, 6.45) is 0.964. The number of nitro benzene ring substituents is 1. The number of benzene rings is 1. The van der Waals surface area contributed by atoms with Crippen LogP contribution in [0.15, 0.2) is 18.2 Å². The van der Waals surface area contributed by atoms with Gasteiger partial charge in [0.15, 0.2) is 0 Å². The van der Waals surface area contributed by atoms with Crippen molar-refractivity contribution in [2.45, 2.75) is 19.0 Å². The molecule has 1 unspecified atom stereocenters. The molecule has 1 aliphatic heterocycles. The molecule has 0 bridgehead atoms. The van der Waals surface area contributed by atoms with Gasteiger partial charge in [-0.25, -0.2) is 0 Å². The van der Waals surface area contributed by atoms with Gasteiger partial charge in [-0.3, -0.25) is 15.0 Å². The van der Waals surface area contributed by atoms with Gasteiger partial charge < -0.3 is 4.74 Å². The van der Waals surface area contributed by atoms with E-state index in [4.69, 9.17) is 4.74 Å². The zero-order valence-electron chi connectivity index (χ0n) is 10.1. The first kappa shape index (κ1) is 12.9. The molecular formula is C12H15FN2O3. The van der Waals surface area contributed by atoms with Gasteiger partial charge in [-0.2, -0.15) is 4.39 Å². The maximum Gasteiger partial charge on any atom is 0.304 e. The lowest BCUT2D eigenvalue weighted by Crippen LogP contribution is -2.31. The van der Waals surface area contributed by atoms with Crippen LogP contribution in [0.4, 0.5) is 10.1 Å². The highest BCUT2D eigenvalue weighted by molar-refractivity contribution is 5.34. The summed E-state index contributed by atoms with van der Waals surface area (Å²) >= 11 is 0. The van der Waals surface area contributed by atoms with Gasteiger partial charge in [0, 0.05) is 25.3 Å². The van der Waals surface area contributed by atoms with Crippen LogP contribution in [0.5, 0.6) is 0 Å². The van der Waals surface area contributed by atoms with E-state index >= 15 is 0 Å². The molecular weight excluding hydrogens is 239 g/mol. The summed E-state index contributed by atoms with van der Waals surface area (Å²) in [6.45, 7) is 2.00. The summed E-state index contributed by atoms with van der Waals surface area (Å²) in [5.41, 5.74) is 0.248. The van der Waals surface area contributed by atoms with E-state index in [1.165, 1.54) is 12.1 Å². The molecule has 0 aromatic heterocycles. The van der Waals surface area contributed by atoms with E-state index in [1.54, 1.807) is 6.07 Å². The van der Waals surface area contributed by atoms with Gasteiger partial charge in [-0.1, -0.05) is 6.07 Å². The maximum absolute atomic E-state index is 13.4. The van der Waals surface area contributed by atoms with Crippen LogP contribution >= 0.6 is 0 Å². The van der Waals surface area contributed by atoms with E-state index in [-0.39, 0.29) is 0 Å². The van der Waals surface area contributed by atoms with Crippen molar-refractivity contribution in [1.29, 1.82) is 0 Å². The van der Waals surface area contributed by atoms with Crippen LogP contribution in [0.2, 0.25) is 0 Å². The van der Waals surface area contributed by atoms with Crippen molar-refractivity contribution in [2.24, 2.45) is 0 Å². The molecule has 6 heteroatoms. The molecule has 1 fully saturated rings. The summed E-state index contributed by atoms with van der Waals surface area (Å²) < 4.78 is 18.7. The third kappa shape index (κ3) is 2.83. The van der Waals surface area contributed by atoms with Gasteiger partial charge in [0.1, 0.15) is 0 Å². The number of hydrogen-bond donors (Lipinski definition) is 0. The second-order valence-electron chi connectivity index (χ2n) is 4.48. The Balaban J connectivity index is 2.05. The number of nitro groups is 1. The Hall–Kier alpha value is -1.53. The minimum absolute atomic E-state index is 0.336. The molecule has 1 heterocycles. The summed E-state index contributed by atoms with van der Waals surface area (Å²) in [4.78, 5) is 11.9. The van der Waals surface area contributed by atoms with E-state index in [9.17, 15) is 14.5 Å². The van der Waals surface area contributed by atoms with Crippen LogP contribution in [-0.4, -0.2) is 36.1 Å². The molecule has 0 radical (unpaired) electrons. The number of likely N-dealkylation sites (N-methyl/N-ethyl adjacent to an activating group) is 1. The van der Waals surface area contributed by atoms with Crippen molar-refractivity contribution in [2.75, 3.05) is 20.3 Å². The molecule has 0 aliphatic carbocycles. The standard InChI is InChI=1S/C12H15FN2O3/c1-14(10-4-5-18-8-10)7-9-2-3-12(15(16)17)11(13)6-9/h2-3,6,10H,4-5,7-8H2,1H3. The van der Waals surface area contributed by atoms with Crippen LogP contribution in [-0.2, 0) is 11.3 Å². The Morgan fingerprint density at radius 1 is 1.61 bits per heavy atom. The lowest BCUT2D eigenvalue weighted by Gasteiger charge is -2.22. The molecule has 5 nitrogen and oxygen atoms in total. The Bertz CT molecular complexity index is 447. The first-order chi connectivity index (χ1) is 8.58. The second kappa shape index (κ2) is 5.41. The second-order valence-corrected chi connectivity index (χ2v) is 4.48. The highest BCUT2D eigenvalue weighted by Gasteiger charge is 2.21. The molecule has 0 N–H and O–H groups in total. The summed E-state index contributed by atoms with van der Waals surface area (Å²) in [5, 5.41) is 10.5. The first-order valence-electron chi connectivity index (χ1n) is 5.78. The molecule has 1 atom stereocenters. The Kier molecular flexibility index (Phi) is 3.88. The van der Waals surface area contributed by atoms with E-state index in [2.05, 4.69) is 4.90 Å². The Morgan fingerprint density at radius 3 is 2.94 bits per heavy atom. The fourth-order valence-electron chi connectivity index (χ4n) is 2.08. The lowest BCUT2D eigenvalue weighted by molar-refractivity contribution is -0.387. The van der Waals surface area contributed by atoms with Gasteiger partial charge in [0.2, 0.25) is 5.82 Å². The van der Waals surface area contributed by atoms with Crippen LogP contribution in [0, 0.1) is 15.9 Å². The van der Waals surface area contributed by atoms with Crippen molar-refractivity contribution >= 4 is 5.69 Å². The SMILES string of the molecule is CN(Cc1ccc([N+](=O)[O-])c(F)c1)C1CCOC1. The molecule has 0 spiro atoms. The number of halogens is 1. The number of hydrogen-bond acceptors (Lipinski definition) is 4. The number of ether oxygens (including phenoxy) is 1. The smallest absolute Gasteiger partial charge is 0.304 e. The maximum atomic E-state index is 13.4. The molecule has 1 saturated heterocycles. The highest BCUT2D eigenvalue weighted by Crippen LogP contribution is 2.20. The molecule has 1 aromatic carbocycles. The molecule has 98 valence electrons. The molecule has 0 saturated carbocycles. The predicted octanol–water partition coefficient (Wildman–Crippen LogP) is 1.95. The van der Waals surface area contributed by atoms with Crippen molar-refractivity contribution < 1.29 is 14.1 Å². The topological polar surface area (TPSA) is 55.6 Å². The quantitative estimate of drug-likeness (QED) is 0.608. The third-order valence-corrected chi connectivity index (χ3v) is 3.17. The highest BCUT2D eigenvalue weighted by atomic mass is 19.1. The van der Waals surface area contributed by atoms with Crippen LogP contribution in [0.1, 0.15) is 12.0 Å². The number of rotatable bonds is 4. The fourth-order valence-corrected chi connectivity index (χ4v) is 2.08. The molecule has 18 heavy (non-hydrogen) atoms.